The van der Waals surface area contributed by atoms with Crippen molar-refractivity contribution in [1.82, 2.24) is 4.90 Å². The number of hydrogen-bond acceptors (Lipinski definition) is 3. The van der Waals surface area contributed by atoms with Gasteiger partial charge in [0.2, 0.25) is 11.8 Å². The third-order valence-corrected chi connectivity index (χ3v) is 5.78. The average Bonchev–Trinajstić information content (AvgIpc) is 3.54. The maximum atomic E-state index is 12.6. The molecule has 2 fully saturated rings. The van der Waals surface area contributed by atoms with Crippen molar-refractivity contribution in [3.05, 3.63) is 60.2 Å². The van der Waals surface area contributed by atoms with Gasteiger partial charge in [-0.25, -0.2) is 0 Å². The van der Waals surface area contributed by atoms with Crippen LogP contribution in [0.5, 0.6) is 5.75 Å². The highest BCUT2D eigenvalue weighted by Crippen LogP contribution is 2.41. The molecular formula is C24H28N2O3. The molecule has 1 aliphatic heterocycles. The van der Waals surface area contributed by atoms with Gasteiger partial charge in [0.15, 0.2) is 0 Å². The van der Waals surface area contributed by atoms with Crippen LogP contribution in [0, 0.1) is 17.8 Å². The van der Waals surface area contributed by atoms with Gasteiger partial charge in [0, 0.05) is 18.8 Å². The fourth-order valence-electron chi connectivity index (χ4n) is 3.99. The van der Waals surface area contributed by atoms with Gasteiger partial charge in [-0.05, 0) is 55.0 Å². The van der Waals surface area contributed by atoms with Crippen LogP contribution >= 0.6 is 0 Å². The lowest BCUT2D eigenvalue weighted by molar-refractivity contribution is -0.135. The molecule has 2 aliphatic rings. The minimum absolute atomic E-state index is 0.0636. The molecule has 2 amide bonds. The Balaban J connectivity index is 1.25. The number of nitrogens with one attached hydrogen (secondary N) is 1. The van der Waals surface area contributed by atoms with Gasteiger partial charge in [-0.3, -0.25) is 9.59 Å². The first kappa shape index (κ1) is 19.5. The van der Waals surface area contributed by atoms with Crippen LogP contribution in [0.1, 0.15) is 31.7 Å². The Kier molecular flexibility index (Phi) is 5.84. The zero-order chi connectivity index (χ0) is 20.2. The van der Waals surface area contributed by atoms with E-state index in [0.29, 0.717) is 18.9 Å². The quantitative estimate of drug-likeness (QED) is 0.805. The lowest BCUT2D eigenvalue weighted by atomic mass is 10.00. The normalized spacial score (nSPS) is 23.3. The van der Waals surface area contributed by atoms with Crippen LogP contribution in [0.4, 0.5) is 5.69 Å². The van der Waals surface area contributed by atoms with Crippen LogP contribution in [0.2, 0.25) is 0 Å². The van der Waals surface area contributed by atoms with Gasteiger partial charge in [-0.1, -0.05) is 37.3 Å². The van der Waals surface area contributed by atoms with E-state index in [-0.39, 0.29) is 23.7 Å². The van der Waals surface area contributed by atoms with Crippen LogP contribution in [0.25, 0.3) is 0 Å². The van der Waals surface area contributed by atoms with Gasteiger partial charge in [0.05, 0.1) is 11.8 Å². The summed E-state index contributed by atoms with van der Waals surface area (Å²) in [5.41, 5.74) is 1.84. The van der Waals surface area contributed by atoms with E-state index in [4.69, 9.17) is 4.74 Å². The highest BCUT2D eigenvalue weighted by molar-refractivity contribution is 5.99. The van der Waals surface area contributed by atoms with Crippen LogP contribution in [0.3, 0.4) is 0 Å². The van der Waals surface area contributed by atoms with Gasteiger partial charge in [-0.2, -0.15) is 0 Å². The number of likely N-dealkylation sites (tertiary alicyclic amines) is 1. The molecule has 1 saturated heterocycles. The Morgan fingerprint density at radius 1 is 1.07 bits per heavy atom. The molecule has 5 heteroatoms. The molecular weight excluding hydrogens is 364 g/mol. The van der Waals surface area contributed by atoms with Crippen molar-refractivity contribution in [2.75, 3.05) is 18.4 Å². The van der Waals surface area contributed by atoms with Crippen LogP contribution in [-0.2, 0) is 16.2 Å². The SMILES string of the molecule is CC1CCCN(C(=O)C2CC2C(=O)Nc2ccc(OCc3ccccc3)cc2)C1. The standard InChI is InChI=1S/C24H28N2O3/c1-17-6-5-13-26(15-17)24(28)22-14-21(22)23(27)25-19-9-11-20(12-10-19)29-16-18-7-3-2-4-8-18/h2-4,7-12,17,21-22H,5-6,13-16H2,1H3,(H,25,27). The number of anilines is 1. The lowest BCUT2D eigenvalue weighted by Gasteiger charge is -2.31. The number of piperidine rings is 1. The van der Waals surface area contributed by atoms with Crippen molar-refractivity contribution in [2.45, 2.75) is 32.8 Å². The fraction of sp³-hybridized carbons (Fsp3) is 0.417. The van der Waals surface area contributed by atoms with E-state index in [0.717, 1.165) is 36.5 Å². The minimum Gasteiger partial charge on any atom is -0.489 e. The summed E-state index contributed by atoms with van der Waals surface area (Å²) in [4.78, 5) is 27.1. The number of rotatable bonds is 6. The largest absolute Gasteiger partial charge is 0.489 e. The predicted molar refractivity (Wildman–Crippen MR) is 112 cm³/mol. The zero-order valence-corrected chi connectivity index (χ0v) is 16.8. The van der Waals surface area contributed by atoms with E-state index >= 15 is 0 Å². The summed E-state index contributed by atoms with van der Waals surface area (Å²) in [5, 5.41) is 2.94. The monoisotopic (exact) mass is 392 g/mol. The first-order chi connectivity index (χ1) is 14.1. The molecule has 3 unspecified atom stereocenters. The highest BCUT2D eigenvalue weighted by Gasteiger charge is 2.49. The number of carbonyl (C=O) groups excluding carboxylic acids is 2. The first-order valence-corrected chi connectivity index (χ1v) is 10.5. The molecule has 0 bridgehead atoms. The van der Waals surface area contributed by atoms with Crippen LogP contribution in [-0.4, -0.2) is 29.8 Å². The summed E-state index contributed by atoms with van der Waals surface area (Å²) >= 11 is 0. The molecule has 0 radical (unpaired) electrons. The van der Waals surface area contributed by atoms with Gasteiger partial charge >= 0.3 is 0 Å². The number of carbonyl (C=O) groups is 2. The molecule has 1 heterocycles. The van der Waals surface area contributed by atoms with Gasteiger partial charge < -0.3 is 15.0 Å². The van der Waals surface area contributed by atoms with Crippen molar-refractivity contribution in [1.29, 1.82) is 0 Å². The third-order valence-electron chi connectivity index (χ3n) is 5.78. The van der Waals surface area contributed by atoms with Crippen molar-refractivity contribution in [3.63, 3.8) is 0 Å². The topological polar surface area (TPSA) is 58.6 Å². The maximum Gasteiger partial charge on any atom is 0.228 e. The number of ether oxygens (including phenoxy) is 1. The zero-order valence-electron chi connectivity index (χ0n) is 16.8. The lowest BCUT2D eigenvalue weighted by Crippen LogP contribution is -2.40. The third kappa shape index (κ3) is 4.97. The number of benzene rings is 2. The summed E-state index contributed by atoms with van der Waals surface area (Å²) in [5.74, 6) is 1.06. The molecule has 29 heavy (non-hydrogen) atoms. The molecule has 5 nitrogen and oxygen atoms in total. The second kappa shape index (κ2) is 8.68. The Bertz CT molecular complexity index is 850. The molecule has 4 rings (SSSR count). The van der Waals surface area contributed by atoms with E-state index in [1.807, 2.05) is 59.5 Å². The van der Waals surface area contributed by atoms with Crippen molar-refractivity contribution >= 4 is 17.5 Å². The predicted octanol–water partition coefficient (Wildman–Crippen LogP) is 4.10. The van der Waals surface area contributed by atoms with E-state index in [2.05, 4.69) is 12.2 Å². The smallest absolute Gasteiger partial charge is 0.228 e. The Hall–Kier alpha value is -2.82. The molecule has 0 aromatic heterocycles. The van der Waals surface area contributed by atoms with Gasteiger partial charge in [-0.15, -0.1) is 0 Å². The summed E-state index contributed by atoms with van der Waals surface area (Å²) in [6, 6.07) is 17.4. The van der Waals surface area contributed by atoms with Crippen LogP contribution in [0.15, 0.2) is 54.6 Å². The Labute approximate surface area is 172 Å². The Morgan fingerprint density at radius 3 is 2.55 bits per heavy atom. The highest BCUT2D eigenvalue weighted by atomic mass is 16.5. The average molecular weight is 392 g/mol. The fourth-order valence-corrected chi connectivity index (χ4v) is 3.99. The second-order valence-corrected chi connectivity index (χ2v) is 8.27. The maximum absolute atomic E-state index is 12.6. The van der Waals surface area contributed by atoms with Crippen LogP contribution < -0.4 is 10.1 Å². The number of nitrogens with zero attached hydrogens (tertiary/aromatic N) is 1. The molecule has 1 N–H and O–H groups in total. The summed E-state index contributed by atoms with van der Waals surface area (Å²) in [6.07, 6.45) is 2.91. The molecule has 152 valence electrons. The molecule has 0 spiro atoms. The van der Waals surface area contributed by atoms with Crippen molar-refractivity contribution in [2.24, 2.45) is 17.8 Å². The molecule has 3 atom stereocenters. The van der Waals surface area contributed by atoms with Crippen molar-refractivity contribution in [3.8, 4) is 5.75 Å². The van der Waals surface area contributed by atoms with E-state index in [9.17, 15) is 9.59 Å². The molecule has 1 saturated carbocycles. The van der Waals surface area contributed by atoms with E-state index in [1.165, 1.54) is 6.42 Å². The number of hydrogen-bond donors (Lipinski definition) is 1. The second-order valence-electron chi connectivity index (χ2n) is 8.27. The number of amides is 2. The molecule has 2 aromatic carbocycles. The van der Waals surface area contributed by atoms with E-state index < -0.39 is 0 Å². The first-order valence-electron chi connectivity index (χ1n) is 10.5. The minimum atomic E-state index is -0.200. The molecule has 1 aliphatic carbocycles. The van der Waals surface area contributed by atoms with E-state index in [1.54, 1.807) is 0 Å². The summed E-state index contributed by atoms with van der Waals surface area (Å²) in [7, 11) is 0. The van der Waals surface area contributed by atoms with Crippen molar-refractivity contribution < 1.29 is 14.3 Å². The molecule has 2 aromatic rings. The summed E-state index contributed by atoms with van der Waals surface area (Å²) in [6.45, 7) is 4.35. The summed E-state index contributed by atoms with van der Waals surface area (Å²) < 4.78 is 5.77. The Morgan fingerprint density at radius 2 is 1.83 bits per heavy atom. The van der Waals surface area contributed by atoms with Gasteiger partial charge in [0.1, 0.15) is 12.4 Å². The van der Waals surface area contributed by atoms with Gasteiger partial charge in [0.25, 0.3) is 0 Å².